The first-order chi connectivity index (χ1) is 24.8. The molecule has 0 aliphatic carbocycles. The van der Waals surface area contributed by atoms with Gasteiger partial charge in [0.1, 0.15) is 0 Å². The van der Waals surface area contributed by atoms with E-state index in [4.69, 9.17) is 9.97 Å². The maximum Gasteiger partial charge on any atom is 0.0979 e. The first kappa shape index (κ1) is 29.5. The van der Waals surface area contributed by atoms with Gasteiger partial charge in [-0.15, -0.1) is 0 Å². The van der Waals surface area contributed by atoms with Crippen LogP contribution in [0, 0.1) is 0 Å². The normalized spacial score (nSPS) is 11.2. The summed E-state index contributed by atoms with van der Waals surface area (Å²) in [5.41, 5.74) is 14.8. The third-order valence-electron chi connectivity index (χ3n) is 9.46. The van der Waals surface area contributed by atoms with E-state index in [9.17, 15) is 0 Å². The van der Waals surface area contributed by atoms with E-state index in [1.807, 2.05) is 0 Å². The zero-order chi connectivity index (χ0) is 33.3. The molecule has 0 radical (unpaired) electrons. The summed E-state index contributed by atoms with van der Waals surface area (Å²) < 4.78 is 0. The Morgan fingerprint density at radius 3 is 0.740 bits per heavy atom. The number of benzene rings is 7. The molecule has 7 aromatic carbocycles. The molecule has 234 valence electrons. The molecule has 0 saturated carbocycles. The molecule has 0 spiro atoms. The summed E-state index contributed by atoms with van der Waals surface area (Å²) >= 11 is 0. The lowest BCUT2D eigenvalue weighted by Crippen LogP contribution is -2.00. The summed E-state index contributed by atoms with van der Waals surface area (Å²) in [7, 11) is 0. The van der Waals surface area contributed by atoms with Gasteiger partial charge in [-0.2, -0.15) is 0 Å². The summed E-state index contributed by atoms with van der Waals surface area (Å²) in [5, 5.41) is 2.14. The fourth-order valence-corrected chi connectivity index (χ4v) is 7.24. The predicted molar refractivity (Wildman–Crippen MR) is 210 cm³/mol. The lowest BCUT2D eigenvalue weighted by molar-refractivity contribution is 1.36. The Hall–Kier alpha value is -6.64. The van der Waals surface area contributed by atoms with Gasteiger partial charge >= 0.3 is 0 Å². The summed E-state index contributed by atoms with van der Waals surface area (Å²) in [4.78, 5) is 11.3. The number of rotatable bonds is 6. The molecule has 0 unspecified atom stereocenters. The van der Waals surface area contributed by atoms with Crippen LogP contribution >= 0.6 is 0 Å². The average molecular weight is 637 g/mol. The van der Waals surface area contributed by atoms with Crippen LogP contribution in [-0.2, 0) is 0 Å². The number of fused-ring (bicyclic) bond motifs is 3. The Morgan fingerprint density at radius 2 is 0.460 bits per heavy atom. The number of aromatic nitrogens is 2. The van der Waals surface area contributed by atoms with Crippen LogP contribution in [0.2, 0.25) is 0 Å². The largest absolute Gasteiger partial charge is 0.245 e. The lowest BCUT2D eigenvalue weighted by Gasteiger charge is -2.22. The van der Waals surface area contributed by atoms with Crippen molar-refractivity contribution in [3.8, 4) is 67.0 Å². The number of pyridine rings is 2. The minimum atomic E-state index is 0.883. The minimum Gasteiger partial charge on any atom is -0.245 e. The van der Waals surface area contributed by atoms with Gasteiger partial charge < -0.3 is 0 Å². The Kier molecular flexibility index (Phi) is 7.53. The Labute approximate surface area is 292 Å². The lowest BCUT2D eigenvalue weighted by atomic mass is 9.85. The molecule has 0 bridgehead atoms. The maximum absolute atomic E-state index is 5.65. The molecular formula is C48H32N2. The fraction of sp³-hybridized carbons (Fsp3) is 0. The number of hydrogen-bond donors (Lipinski definition) is 0. The Balaban J connectivity index is 1.51. The van der Waals surface area contributed by atoms with Crippen LogP contribution in [0.25, 0.3) is 88.8 Å². The van der Waals surface area contributed by atoms with E-state index in [2.05, 4.69) is 194 Å². The van der Waals surface area contributed by atoms with Gasteiger partial charge in [0, 0.05) is 44.2 Å². The van der Waals surface area contributed by atoms with E-state index < -0.39 is 0 Å². The van der Waals surface area contributed by atoms with Gasteiger partial charge in [0.05, 0.1) is 22.4 Å². The van der Waals surface area contributed by atoms with Crippen LogP contribution in [0.3, 0.4) is 0 Å². The fourth-order valence-electron chi connectivity index (χ4n) is 7.24. The van der Waals surface area contributed by atoms with Gasteiger partial charge in [-0.25, -0.2) is 9.97 Å². The minimum absolute atomic E-state index is 0.883. The van der Waals surface area contributed by atoms with Gasteiger partial charge in [0.25, 0.3) is 0 Å². The van der Waals surface area contributed by atoms with E-state index in [1.165, 1.54) is 0 Å². The van der Waals surface area contributed by atoms with Crippen LogP contribution in [0.5, 0.6) is 0 Å². The highest BCUT2D eigenvalue weighted by Crippen LogP contribution is 2.48. The molecule has 0 N–H and O–H groups in total. The van der Waals surface area contributed by atoms with Gasteiger partial charge in [-0.3, -0.25) is 0 Å². The smallest absolute Gasteiger partial charge is 0.0979 e. The van der Waals surface area contributed by atoms with E-state index in [1.54, 1.807) is 0 Å². The van der Waals surface area contributed by atoms with Gasteiger partial charge in [-0.1, -0.05) is 194 Å². The molecule has 2 heterocycles. The summed E-state index contributed by atoms with van der Waals surface area (Å²) in [5.74, 6) is 0. The molecule has 2 nitrogen and oxygen atoms in total. The number of nitrogens with zero attached hydrogens (tertiary/aromatic N) is 2. The summed E-state index contributed by atoms with van der Waals surface area (Å²) in [6.07, 6.45) is 0. The third-order valence-corrected chi connectivity index (χ3v) is 9.46. The monoisotopic (exact) mass is 636 g/mol. The van der Waals surface area contributed by atoms with Crippen LogP contribution in [0.1, 0.15) is 0 Å². The molecule has 0 fully saturated rings. The zero-order valence-electron chi connectivity index (χ0n) is 27.4. The van der Waals surface area contributed by atoms with Crippen molar-refractivity contribution in [1.82, 2.24) is 9.97 Å². The van der Waals surface area contributed by atoms with E-state index in [0.29, 0.717) is 0 Å². The molecular weight excluding hydrogens is 605 g/mol. The number of hydrogen-bond acceptors (Lipinski definition) is 2. The third kappa shape index (κ3) is 5.15. The van der Waals surface area contributed by atoms with Gasteiger partial charge in [-0.05, 0) is 22.3 Å². The van der Waals surface area contributed by atoms with Crippen LogP contribution < -0.4 is 0 Å². The first-order valence-corrected chi connectivity index (χ1v) is 17.0. The molecule has 0 amide bonds. The van der Waals surface area contributed by atoms with Crippen LogP contribution in [-0.4, -0.2) is 9.97 Å². The van der Waals surface area contributed by atoms with Crippen molar-refractivity contribution in [2.24, 2.45) is 0 Å². The van der Waals surface area contributed by atoms with Gasteiger partial charge in [0.15, 0.2) is 0 Å². The average Bonchev–Trinajstić information content (AvgIpc) is 3.21. The van der Waals surface area contributed by atoms with Crippen molar-refractivity contribution in [1.29, 1.82) is 0 Å². The quantitative estimate of drug-likeness (QED) is 0.170. The molecule has 9 aromatic rings. The molecule has 0 aliphatic rings. The van der Waals surface area contributed by atoms with Crippen molar-refractivity contribution in [2.45, 2.75) is 0 Å². The van der Waals surface area contributed by atoms with Crippen molar-refractivity contribution in [2.75, 3.05) is 0 Å². The second kappa shape index (κ2) is 12.8. The molecule has 0 aliphatic heterocycles. The molecule has 2 heteroatoms. The Morgan fingerprint density at radius 1 is 0.220 bits per heavy atom. The van der Waals surface area contributed by atoms with Crippen LogP contribution in [0.15, 0.2) is 194 Å². The van der Waals surface area contributed by atoms with Crippen molar-refractivity contribution >= 4 is 21.8 Å². The highest BCUT2D eigenvalue weighted by atomic mass is 14.8. The molecule has 0 atom stereocenters. The van der Waals surface area contributed by atoms with E-state index in [-0.39, 0.29) is 0 Å². The second-order valence-corrected chi connectivity index (χ2v) is 12.5. The topological polar surface area (TPSA) is 25.8 Å². The Bertz CT molecular complexity index is 2400. The van der Waals surface area contributed by atoms with Crippen LogP contribution in [0.4, 0.5) is 0 Å². The summed E-state index contributed by atoms with van der Waals surface area (Å²) in [6.45, 7) is 0. The van der Waals surface area contributed by atoms with E-state index >= 15 is 0 Å². The SMILES string of the molecule is c1ccc(-c2nc3c(ccc4c(-c5ccccc5)c(-c5ccccc5)c(-c5ccccc5)nc43)c(-c3ccccc3)c2-c2ccccc2)cc1. The molecule has 50 heavy (non-hydrogen) atoms. The second-order valence-electron chi connectivity index (χ2n) is 12.5. The predicted octanol–water partition coefficient (Wildman–Crippen LogP) is 12.8. The maximum atomic E-state index is 5.65. The first-order valence-electron chi connectivity index (χ1n) is 17.0. The molecule has 0 saturated heterocycles. The molecule has 2 aromatic heterocycles. The van der Waals surface area contributed by atoms with Crippen molar-refractivity contribution in [3.05, 3.63) is 194 Å². The van der Waals surface area contributed by atoms with Crippen molar-refractivity contribution < 1.29 is 0 Å². The summed E-state index contributed by atoms with van der Waals surface area (Å²) in [6, 6.07) is 68.4. The van der Waals surface area contributed by atoms with Gasteiger partial charge in [0.2, 0.25) is 0 Å². The van der Waals surface area contributed by atoms with Crippen molar-refractivity contribution in [3.63, 3.8) is 0 Å². The highest BCUT2D eigenvalue weighted by Gasteiger charge is 2.25. The standard InChI is InChI=1S/C48H32N2/c1-7-19-33(20-8-1)41-39-31-32-40-42(34-21-9-2-10-22-34)44(36-25-13-4-14-26-36)46(38-29-17-6-18-30-38)50-48(40)47(39)49-45(37-27-15-5-16-28-37)43(41)35-23-11-3-12-24-35/h1-32H. The van der Waals surface area contributed by atoms with E-state index in [0.717, 1.165) is 88.8 Å². The highest BCUT2D eigenvalue weighted by molar-refractivity contribution is 6.19. The molecule has 9 rings (SSSR count). The zero-order valence-corrected chi connectivity index (χ0v) is 27.4.